The number of nitrogens with one attached hydrogen (secondary N) is 2. The molecule has 0 saturated heterocycles. The van der Waals surface area contributed by atoms with Crippen LogP contribution < -0.4 is 10.6 Å². The first-order valence-corrected chi connectivity index (χ1v) is 12.4. The fraction of sp³-hybridized carbons (Fsp3) is 0.875. The number of hydrogen-bond donors (Lipinski definition) is 2. The van der Waals surface area contributed by atoms with Gasteiger partial charge in [0.2, 0.25) is 0 Å². The van der Waals surface area contributed by atoms with Gasteiger partial charge in [-0.2, -0.15) is 0 Å². The molecule has 0 aromatic rings. The van der Waals surface area contributed by atoms with Crippen LogP contribution in [0.2, 0.25) is 0 Å². The number of ether oxygens (including phenoxy) is 5. The molecular formula is C24H46N2O8. The highest BCUT2D eigenvalue weighted by Crippen LogP contribution is 2.06. The molecule has 0 atom stereocenters. The van der Waals surface area contributed by atoms with Crippen LogP contribution in [0.1, 0.15) is 72.6 Å². The Labute approximate surface area is 204 Å². The van der Waals surface area contributed by atoms with E-state index >= 15 is 0 Å². The summed E-state index contributed by atoms with van der Waals surface area (Å²) in [7, 11) is 0. The summed E-state index contributed by atoms with van der Waals surface area (Å²) in [6, 6.07) is 0. The van der Waals surface area contributed by atoms with Crippen molar-refractivity contribution < 1.29 is 38.1 Å². The number of carbonyl (C=O) groups excluding carboxylic acids is 3. The summed E-state index contributed by atoms with van der Waals surface area (Å²) in [5, 5.41) is 6.02. The monoisotopic (exact) mass is 490 g/mol. The molecule has 0 unspecified atom stereocenters. The molecule has 0 heterocycles. The molecule has 0 radical (unpaired) electrons. The minimum Gasteiger partial charge on any atom is -0.464 e. The molecule has 200 valence electrons. The Bertz CT molecular complexity index is 538. The summed E-state index contributed by atoms with van der Waals surface area (Å²) in [6.07, 6.45) is 5.80. The third-order valence-electron chi connectivity index (χ3n) is 4.28. The molecular weight excluding hydrogens is 444 g/mol. The topological polar surface area (TPSA) is 121 Å². The van der Waals surface area contributed by atoms with E-state index in [2.05, 4.69) is 10.6 Å². The van der Waals surface area contributed by atoms with Crippen LogP contribution >= 0.6 is 0 Å². The Morgan fingerprint density at radius 1 is 0.676 bits per heavy atom. The Morgan fingerprint density at radius 3 is 1.82 bits per heavy atom. The largest absolute Gasteiger partial charge is 0.464 e. The number of alkyl carbamates (subject to hydrolysis) is 1. The molecule has 0 aromatic heterocycles. The van der Waals surface area contributed by atoms with Crippen molar-refractivity contribution in [2.24, 2.45) is 0 Å². The Kier molecular flexibility index (Phi) is 20.4. The lowest BCUT2D eigenvalue weighted by Gasteiger charge is -2.19. The molecule has 2 N–H and O–H groups in total. The Hall–Kier alpha value is -1.91. The highest BCUT2D eigenvalue weighted by Gasteiger charge is 2.15. The van der Waals surface area contributed by atoms with Crippen molar-refractivity contribution in [1.29, 1.82) is 0 Å². The summed E-state index contributed by atoms with van der Waals surface area (Å²) in [4.78, 5) is 34.2. The first-order valence-electron chi connectivity index (χ1n) is 12.4. The van der Waals surface area contributed by atoms with Crippen LogP contribution in [0.4, 0.5) is 4.79 Å². The van der Waals surface area contributed by atoms with Crippen LogP contribution in [0, 0.1) is 0 Å². The quantitative estimate of drug-likeness (QED) is 0.142. The van der Waals surface area contributed by atoms with Crippen molar-refractivity contribution in [1.82, 2.24) is 10.6 Å². The van der Waals surface area contributed by atoms with E-state index in [9.17, 15) is 14.4 Å². The van der Waals surface area contributed by atoms with Gasteiger partial charge in [-0.1, -0.05) is 0 Å². The zero-order valence-corrected chi connectivity index (χ0v) is 21.6. The maximum Gasteiger partial charge on any atom is 0.407 e. The summed E-state index contributed by atoms with van der Waals surface area (Å²) in [5.74, 6) is -0.674. The summed E-state index contributed by atoms with van der Waals surface area (Å²) < 4.78 is 25.6. The van der Waals surface area contributed by atoms with Gasteiger partial charge < -0.3 is 34.3 Å². The van der Waals surface area contributed by atoms with Crippen molar-refractivity contribution in [2.45, 2.75) is 78.2 Å². The van der Waals surface area contributed by atoms with Gasteiger partial charge in [-0.15, -0.1) is 0 Å². The minimum absolute atomic E-state index is 0.0188. The molecule has 0 aliphatic rings. The van der Waals surface area contributed by atoms with Gasteiger partial charge in [-0.05, 0) is 85.7 Å². The van der Waals surface area contributed by atoms with Gasteiger partial charge >= 0.3 is 18.0 Å². The maximum atomic E-state index is 11.6. The van der Waals surface area contributed by atoms with Crippen molar-refractivity contribution in [3.8, 4) is 0 Å². The van der Waals surface area contributed by atoms with Crippen molar-refractivity contribution >= 4 is 18.0 Å². The molecule has 0 rings (SSSR count). The average molecular weight is 491 g/mol. The molecule has 1 amide bonds. The van der Waals surface area contributed by atoms with E-state index in [1.165, 1.54) is 0 Å². The highest BCUT2D eigenvalue weighted by molar-refractivity contribution is 5.71. The molecule has 0 aliphatic heterocycles. The smallest absolute Gasteiger partial charge is 0.407 e. The van der Waals surface area contributed by atoms with Gasteiger partial charge in [0, 0.05) is 19.8 Å². The molecule has 34 heavy (non-hydrogen) atoms. The normalized spacial score (nSPS) is 11.2. The second-order valence-corrected chi connectivity index (χ2v) is 8.78. The van der Waals surface area contributed by atoms with Gasteiger partial charge in [0.05, 0.1) is 13.2 Å². The molecule has 10 heteroatoms. The van der Waals surface area contributed by atoms with E-state index < -0.39 is 11.7 Å². The molecule has 0 spiro atoms. The van der Waals surface area contributed by atoms with Gasteiger partial charge in [0.15, 0.2) is 0 Å². The summed E-state index contributed by atoms with van der Waals surface area (Å²) >= 11 is 0. The Morgan fingerprint density at radius 2 is 1.24 bits per heavy atom. The Balaban J connectivity index is 3.30. The van der Waals surface area contributed by atoms with Crippen LogP contribution in [0.25, 0.3) is 0 Å². The van der Waals surface area contributed by atoms with Crippen LogP contribution in [-0.2, 0) is 33.3 Å². The molecule has 0 saturated carbocycles. The fourth-order valence-electron chi connectivity index (χ4n) is 2.70. The number of hydrogen-bond acceptors (Lipinski definition) is 9. The van der Waals surface area contributed by atoms with E-state index in [-0.39, 0.29) is 25.2 Å². The minimum atomic E-state index is -0.492. The maximum absolute atomic E-state index is 11.6. The van der Waals surface area contributed by atoms with Crippen LogP contribution in [0.5, 0.6) is 0 Å². The molecule has 0 fully saturated rings. The predicted molar refractivity (Wildman–Crippen MR) is 129 cm³/mol. The SMILES string of the molecule is CCOC(=O)COCCCCCNCCCOC(=O)COCCCCCNC(=O)OC(C)(C)C. The van der Waals surface area contributed by atoms with Gasteiger partial charge in [0.25, 0.3) is 0 Å². The van der Waals surface area contributed by atoms with E-state index in [0.717, 1.165) is 58.0 Å². The average Bonchev–Trinajstić information content (AvgIpc) is 2.75. The molecule has 0 aromatic carbocycles. The van der Waals surface area contributed by atoms with E-state index in [0.29, 0.717) is 33.0 Å². The van der Waals surface area contributed by atoms with Crippen LogP contribution in [0.15, 0.2) is 0 Å². The molecule has 0 bridgehead atoms. The van der Waals surface area contributed by atoms with Gasteiger partial charge in [0.1, 0.15) is 18.8 Å². The lowest BCUT2D eigenvalue weighted by Crippen LogP contribution is -2.33. The first-order chi connectivity index (χ1) is 16.2. The molecule has 10 nitrogen and oxygen atoms in total. The highest BCUT2D eigenvalue weighted by atomic mass is 16.6. The predicted octanol–water partition coefficient (Wildman–Crippen LogP) is 2.97. The third-order valence-corrected chi connectivity index (χ3v) is 4.28. The number of rotatable bonds is 21. The third kappa shape index (κ3) is 24.7. The number of amides is 1. The van der Waals surface area contributed by atoms with E-state index in [4.69, 9.17) is 23.7 Å². The van der Waals surface area contributed by atoms with Crippen LogP contribution in [-0.4, -0.2) is 82.9 Å². The van der Waals surface area contributed by atoms with Gasteiger partial charge in [-0.3, -0.25) is 0 Å². The standard InChI is InChI=1S/C24H46N2O8/c1-5-32-21(27)19-30-16-10-6-8-13-25-14-12-18-33-22(28)20-31-17-11-7-9-15-26-23(29)34-24(2,3)4/h25H,5-20H2,1-4H3,(H,26,29). The fourth-order valence-corrected chi connectivity index (χ4v) is 2.70. The van der Waals surface area contributed by atoms with Crippen molar-refractivity contribution in [3.63, 3.8) is 0 Å². The van der Waals surface area contributed by atoms with Crippen molar-refractivity contribution in [2.75, 3.05) is 59.3 Å². The zero-order valence-electron chi connectivity index (χ0n) is 21.6. The lowest BCUT2D eigenvalue weighted by atomic mass is 10.2. The number of unbranched alkanes of at least 4 members (excludes halogenated alkanes) is 4. The summed E-state index contributed by atoms with van der Waals surface area (Å²) in [5.41, 5.74) is -0.492. The molecule has 0 aliphatic carbocycles. The van der Waals surface area contributed by atoms with E-state index in [1.807, 2.05) is 20.8 Å². The lowest BCUT2D eigenvalue weighted by molar-refractivity contribution is -0.149. The summed E-state index contributed by atoms with van der Waals surface area (Å²) in [6.45, 7) is 11.2. The second kappa shape index (κ2) is 21.6. The zero-order chi connectivity index (χ0) is 25.5. The number of carbonyl (C=O) groups is 3. The second-order valence-electron chi connectivity index (χ2n) is 8.78. The number of esters is 2. The van der Waals surface area contributed by atoms with E-state index in [1.54, 1.807) is 6.92 Å². The van der Waals surface area contributed by atoms with Crippen molar-refractivity contribution in [3.05, 3.63) is 0 Å². The first kappa shape index (κ1) is 32.1. The van der Waals surface area contributed by atoms with Gasteiger partial charge in [-0.25, -0.2) is 14.4 Å². The van der Waals surface area contributed by atoms with Crippen LogP contribution in [0.3, 0.4) is 0 Å².